The van der Waals surface area contributed by atoms with Crippen LogP contribution in [0.15, 0.2) is 89.9 Å². The first-order valence-electron chi connectivity index (χ1n) is 11.4. The van der Waals surface area contributed by atoms with Gasteiger partial charge in [0.1, 0.15) is 16.8 Å². The van der Waals surface area contributed by atoms with Gasteiger partial charge in [-0.05, 0) is 43.2 Å². The largest absolute Gasteiger partial charge is 0.345 e. The third-order valence-corrected chi connectivity index (χ3v) is 6.17. The van der Waals surface area contributed by atoms with E-state index in [-0.39, 0.29) is 28.0 Å². The van der Waals surface area contributed by atoms with E-state index in [9.17, 15) is 9.59 Å². The molecule has 1 atom stereocenters. The second kappa shape index (κ2) is 9.02. The van der Waals surface area contributed by atoms with Crippen LogP contribution in [0.1, 0.15) is 40.0 Å². The van der Waals surface area contributed by atoms with Crippen molar-refractivity contribution in [2.45, 2.75) is 26.4 Å². The van der Waals surface area contributed by atoms with E-state index >= 15 is 0 Å². The Kier molecular flexibility index (Phi) is 5.74. The van der Waals surface area contributed by atoms with Crippen LogP contribution < -0.4 is 16.4 Å². The van der Waals surface area contributed by atoms with Gasteiger partial charge in [0.05, 0.1) is 23.5 Å². The maximum absolute atomic E-state index is 13.4. The van der Waals surface area contributed by atoms with Crippen molar-refractivity contribution in [2.75, 3.05) is 0 Å². The van der Waals surface area contributed by atoms with E-state index in [1.807, 2.05) is 74.5 Å². The number of amides is 1. The molecule has 0 radical (unpaired) electrons. The number of nitrogens with zero attached hydrogens (tertiary/aromatic N) is 3. The zero-order valence-electron chi connectivity index (χ0n) is 19.5. The predicted octanol–water partition coefficient (Wildman–Crippen LogP) is 3.98. The fourth-order valence-corrected chi connectivity index (χ4v) is 4.19. The molecule has 0 aliphatic heterocycles. The van der Waals surface area contributed by atoms with Crippen LogP contribution in [0.3, 0.4) is 0 Å². The fourth-order valence-electron chi connectivity index (χ4n) is 4.19. The van der Waals surface area contributed by atoms with E-state index in [1.54, 1.807) is 22.9 Å². The molecule has 2 N–H and O–H groups in total. The van der Waals surface area contributed by atoms with Crippen molar-refractivity contribution in [2.24, 2.45) is 0 Å². The quantitative estimate of drug-likeness (QED) is 0.386. The van der Waals surface area contributed by atoms with Gasteiger partial charge in [-0.1, -0.05) is 66.2 Å². The summed E-state index contributed by atoms with van der Waals surface area (Å²) in [6.07, 6.45) is 1.65. The van der Waals surface area contributed by atoms with Crippen molar-refractivity contribution in [3.05, 3.63) is 123 Å². The third kappa shape index (κ3) is 4.24. The van der Waals surface area contributed by atoms with E-state index < -0.39 is 5.91 Å². The minimum absolute atomic E-state index is 0.00279. The lowest BCUT2D eigenvalue weighted by Gasteiger charge is -2.17. The van der Waals surface area contributed by atoms with E-state index in [4.69, 9.17) is 10.4 Å². The van der Waals surface area contributed by atoms with Crippen LogP contribution in [0.4, 0.5) is 0 Å². The maximum atomic E-state index is 13.4. The Balaban J connectivity index is 1.68. The number of hydrogen-bond donors (Lipinski definition) is 2. The minimum atomic E-state index is -0.413. The number of carbonyl (C=O) groups excluding carboxylic acids is 1. The molecule has 0 aliphatic carbocycles. The van der Waals surface area contributed by atoms with Gasteiger partial charge in [-0.15, -0.1) is 0 Å². The van der Waals surface area contributed by atoms with Crippen molar-refractivity contribution in [3.63, 3.8) is 0 Å². The summed E-state index contributed by atoms with van der Waals surface area (Å²) in [5.41, 5.74) is 3.73. The average Bonchev–Trinajstić information content (AvgIpc) is 2.87. The molecule has 1 amide bonds. The van der Waals surface area contributed by atoms with Crippen LogP contribution in [0.5, 0.6) is 0 Å². The first-order valence-corrected chi connectivity index (χ1v) is 11.4. The number of benzene rings is 2. The monoisotopic (exact) mass is 463 g/mol. The summed E-state index contributed by atoms with van der Waals surface area (Å²) in [5, 5.41) is 12.2. The summed E-state index contributed by atoms with van der Waals surface area (Å²) < 4.78 is 3.09. The van der Waals surface area contributed by atoms with Crippen molar-refractivity contribution < 1.29 is 4.79 Å². The summed E-state index contributed by atoms with van der Waals surface area (Å²) in [6.45, 7) is 4.21. The van der Waals surface area contributed by atoms with Gasteiger partial charge in [-0.25, -0.2) is 4.98 Å². The summed E-state index contributed by atoms with van der Waals surface area (Å²) in [5.74, 6) is -0.413. The van der Waals surface area contributed by atoms with Gasteiger partial charge in [0.2, 0.25) is 0 Å². The van der Waals surface area contributed by atoms with Crippen molar-refractivity contribution in [1.29, 1.82) is 5.41 Å². The van der Waals surface area contributed by atoms with Crippen molar-refractivity contribution >= 4 is 22.6 Å². The van der Waals surface area contributed by atoms with Gasteiger partial charge in [-0.2, -0.15) is 0 Å². The fraction of sp³-hybridized carbons (Fsp3) is 0.143. The van der Waals surface area contributed by atoms with Crippen LogP contribution in [-0.2, 0) is 6.54 Å². The molecule has 35 heavy (non-hydrogen) atoms. The number of rotatable bonds is 5. The molecule has 0 saturated heterocycles. The molecule has 5 rings (SSSR count). The number of aromatic nitrogens is 3. The van der Waals surface area contributed by atoms with Crippen molar-refractivity contribution in [1.82, 2.24) is 19.3 Å². The Morgan fingerprint density at radius 1 is 1.03 bits per heavy atom. The molecule has 5 aromatic rings. The molecule has 7 heteroatoms. The molecular formula is C28H25N5O2. The highest BCUT2D eigenvalue weighted by molar-refractivity contribution is 5.97. The third-order valence-electron chi connectivity index (χ3n) is 6.17. The molecule has 0 unspecified atom stereocenters. The highest BCUT2D eigenvalue weighted by Gasteiger charge is 2.19. The molecule has 7 nitrogen and oxygen atoms in total. The molecule has 3 aromatic heterocycles. The second-order valence-corrected chi connectivity index (χ2v) is 8.67. The summed E-state index contributed by atoms with van der Waals surface area (Å²) >= 11 is 0. The Morgan fingerprint density at radius 3 is 2.49 bits per heavy atom. The maximum Gasteiger partial charge on any atom is 0.267 e. The lowest BCUT2D eigenvalue weighted by molar-refractivity contribution is 0.0937. The Morgan fingerprint density at radius 2 is 1.74 bits per heavy atom. The second-order valence-electron chi connectivity index (χ2n) is 8.67. The first-order chi connectivity index (χ1) is 16.9. The van der Waals surface area contributed by atoms with Crippen molar-refractivity contribution in [3.8, 4) is 0 Å². The Hall–Kier alpha value is -4.52. The van der Waals surface area contributed by atoms with Crippen LogP contribution in [0.2, 0.25) is 0 Å². The number of pyridine rings is 2. The van der Waals surface area contributed by atoms with E-state index in [2.05, 4.69) is 5.32 Å². The van der Waals surface area contributed by atoms with E-state index in [0.29, 0.717) is 17.8 Å². The molecular weight excluding hydrogens is 438 g/mol. The minimum Gasteiger partial charge on any atom is -0.345 e. The number of nitrogens with one attached hydrogen (secondary N) is 2. The van der Waals surface area contributed by atoms with Crippen LogP contribution in [-0.4, -0.2) is 19.9 Å². The van der Waals surface area contributed by atoms with Gasteiger partial charge >= 0.3 is 0 Å². The van der Waals surface area contributed by atoms with Gasteiger partial charge in [0, 0.05) is 6.20 Å². The van der Waals surface area contributed by atoms with Crippen LogP contribution in [0, 0.1) is 12.3 Å². The number of carbonyl (C=O) groups is 1. The van der Waals surface area contributed by atoms with Crippen LogP contribution >= 0.6 is 0 Å². The smallest absolute Gasteiger partial charge is 0.267 e. The molecule has 0 bridgehead atoms. The lowest BCUT2D eigenvalue weighted by Crippen LogP contribution is -2.36. The average molecular weight is 464 g/mol. The highest BCUT2D eigenvalue weighted by atomic mass is 16.2. The normalized spacial score (nSPS) is 12.1. The zero-order valence-corrected chi connectivity index (χ0v) is 19.5. The van der Waals surface area contributed by atoms with Crippen LogP contribution in [0.25, 0.3) is 16.7 Å². The van der Waals surface area contributed by atoms with E-state index in [0.717, 1.165) is 16.7 Å². The molecule has 0 aliphatic rings. The molecule has 174 valence electrons. The highest BCUT2D eigenvalue weighted by Crippen LogP contribution is 2.15. The summed E-state index contributed by atoms with van der Waals surface area (Å²) in [6, 6.07) is 24.1. The summed E-state index contributed by atoms with van der Waals surface area (Å²) in [4.78, 5) is 31.4. The number of fused-ring (bicyclic) bond motifs is 2. The molecule has 0 saturated carbocycles. The first kappa shape index (κ1) is 22.3. The van der Waals surface area contributed by atoms with Gasteiger partial charge < -0.3 is 9.88 Å². The van der Waals surface area contributed by atoms with Gasteiger partial charge in [0.15, 0.2) is 0 Å². The molecule has 0 spiro atoms. The van der Waals surface area contributed by atoms with Gasteiger partial charge in [0.25, 0.3) is 11.5 Å². The molecule has 2 aromatic carbocycles. The van der Waals surface area contributed by atoms with Gasteiger partial charge in [-0.3, -0.25) is 19.4 Å². The number of hydrogen-bond acceptors (Lipinski definition) is 4. The summed E-state index contributed by atoms with van der Waals surface area (Å²) in [7, 11) is 0. The SMILES string of the molecule is Cc1ccc(Cn2c(=N)c(C(=O)N[C@H](C)c3ccccc3)cc3c(=O)n4ccccc4nc32)cc1. The zero-order chi connectivity index (χ0) is 24.5. The Bertz CT molecular complexity index is 1670. The molecule has 3 heterocycles. The number of aryl methyl sites for hydroxylation is 1. The lowest BCUT2D eigenvalue weighted by atomic mass is 10.1. The predicted molar refractivity (Wildman–Crippen MR) is 135 cm³/mol. The topological polar surface area (TPSA) is 92.2 Å². The molecule has 0 fully saturated rings. The standard InChI is InChI=1S/C28H25N5O2/c1-18-11-13-20(14-12-18)17-33-25(29)22(27(34)30-19(2)21-8-4-3-5-9-21)16-23-26(33)31-24-10-6-7-15-32(24)28(23)35/h3-16,19,29H,17H2,1-2H3,(H,30,34)/t19-/m1/s1. The van der Waals surface area contributed by atoms with E-state index in [1.165, 1.54) is 10.5 Å². The Labute approximate surface area is 201 Å².